The van der Waals surface area contributed by atoms with Crippen LogP contribution in [0.25, 0.3) is 11.4 Å². The molecule has 0 aliphatic heterocycles. The van der Waals surface area contributed by atoms with Crippen molar-refractivity contribution in [1.82, 2.24) is 9.97 Å². The van der Waals surface area contributed by atoms with Crippen molar-refractivity contribution in [1.29, 1.82) is 0 Å². The number of anilines is 1. The molecule has 2 rings (SSSR count). The average molecular weight is 199 g/mol. The zero-order chi connectivity index (χ0) is 10.8. The van der Waals surface area contributed by atoms with Crippen molar-refractivity contribution in [3.63, 3.8) is 0 Å². The number of hydrogen-bond donors (Lipinski definition) is 1. The fourth-order valence-corrected chi connectivity index (χ4v) is 1.55. The second-order valence-electron chi connectivity index (χ2n) is 3.56. The van der Waals surface area contributed by atoms with E-state index in [0.717, 1.165) is 17.0 Å². The van der Waals surface area contributed by atoms with E-state index in [0.29, 0.717) is 11.5 Å². The SMILES string of the molecule is Cc1cc(C)nc(-c2ccccc2N)n1. The Labute approximate surface area is 89.0 Å². The molecule has 0 radical (unpaired) electrons. The molecule has 0 amide bonds. The number of para-hydroxylation sites is 1. The van der Waals surface area contributed by atoms with Crippen molar-refractivity contribution in [2.45, 2.75) is 13.8 Å². The maximum absolute atomic E-state index is 5.87. The predicted octanol–water partition coefficient (Wildman–Crippen LogP) is 2.34. The van der Waals surface area contributed by atoms with Crippen LogP contribution in [0.1, 0.15) is 11.4 Å². The van der Waals surface area contributed by atoms with E-state index < -0.39 is 0 Å². The summed E-state index contributed by atoms with van der Waals surface area (Å²) in [6.07, 6.45) is 0. The van der Waals surface area contributed by atoms with Gasteiger partial charge in [-0.3, -0.25) is 0 Å². The van der Waals surface area contributed by atoms with Crippen LogP contribution in [0.5, 0.6) is 0 Å². The maximum Gasteiger partial charge on any atom is 0.161 e. The lowest BCUT2D eigenvalue weighted by Gasteiger charge is -2.05. The van der Waals surface area contributed by atoms with E-state index in [1.807, 2.05) is 44.2 Å². The first kappa shape index (κ1) is 9.65. The molecule has 0 spiro atoms. The molecule has 2 N–H and O–H groups in total. The van der Waals surface area contributed by atoms with Gasteiger partial charge in [0.15, 0.2) is 5.82 Å². The molecule has 76 valence electrons. The van der Waals surface area contributed by atoms with Gasteiger partial charge in [-0.15, -0.1) is 0 Å². The number of nitrogens with zero attached hydrogens (tertiary/aromatic N) is 2. The van der Waals surface area contributed by atoms with Crippen molar-refractivity contribution in [3.05, 3.63) is 41.7 Å². The summed E-state index contributed by atoms with van der Waals surface area (Å²) in [5, 5.41) is 0. The van der Waals surface area contributed by atoms with Gasteiger partial charge in [0.05, 0.1) is 0 Å². The summed E-state index contributed by atoms with van der Waals surface area (Å²) in [4.78, 5) is 8.75. The van der Waals surface area contributed by atoms with Gasteiger partial charge >= 0.3 is 0 Å². The lowest BCUT2D eigenvalue weighted by Crippen LogP contribution is -1.97. The second-order valence-corrected chi connectivity index (χ2v) is 3.56. The van der Waals surface area contributed by atoms with E-state index in [-0.39, 0.29) is 0 Å². The van der Waals surface area contributed by atoms with Crippen LogP contribution in [-0.4, -0.2) is 9.97 Å². The van der Waals surface area contributed by atoms with E-state index in [4.69, 9.17) is 5.73 Å². The lowest BCUT2D eigenvalue weighted by atomic mass is 10.1. The molecule has 0 saturated heterocycles. The number of hydrogen-bond acceptors (Lipinski definition) is 3. The number of aromatic nitrogens is 2. The van der Waals surface area contributed by atoms with Crippen LogP contribution in [0.3, 0.4) is 0 Å². The van der Waals surface area contributed by atoms with Gasteiger partial charge in [-0.1, -0.05) is 12.1 Å². The first-order chi connectivity index (χ1) is 7.16. The van der Waals surface area contributed by atoms with E-state index in [2.05, 4.69) is 9.97 Å². The Morgan fingerprint density at radius 3 is 2.20 bits per heavy atom. The summed E-state index contributed by atoms with van der Waals surface area (Å²) >= 11 is 0. The Morgan fingerprint density at radius 1 is 1.00 bits per heavy atom. The Balaban J connectivity index is 2.59. The molecule has 0 unspecified atom stereocenters. The molecule has 1 heterocycles. The van der Waals surface area contributed by atoms with Crippen LogP contribution in [-0.2, 0) is 0 Å². The van der Waals surface area contributed by atoms with Crippen LogP contribution in [0.4, 0.5) is 5.69 Å². The van der Waals surface area contributed by atoms with Crippen molar-refractivity contribution >= 4 is 5.69 Å². The largest absolute Gasteiger partial charge is 0.398 e. The van der Waals surface area contributed by atoms with Crippen LogP contribution < -0.4 is 5.73 Å². The number of benzene rings is 1. The third-order valence-corrected chi connectivity index (χ3v) is 2.18. The molecule has 15 heavy (non-hydrogen) atoms. The molecule has 3 nitrogen and oxygen atoms in total. The van der Waals surface area contributed by atoms with Gasteiger partial charge in [0.1, 0.15) is 0 Å². The maximum atomic E-state index is 5.87. The average Bonchev–Trinajstić information content (AvgIpc) is 2.16. The standard InChI is InChI=1S/C12H13N3/c1-8-7-9(2)15-12(14-8)10-5-3-4-6-11(10)13/h3-7H,13H2,1-2H3. The Kier molecular flexibility index (Phi) is 2.37. The van der Waals surface area contributed by atoms with Crippen molar-refractivity contribution in [3.8, 4) is 11.4 Å². The molecule has 1 aromatic carbocycles. The molecule has 0 bridgehead atoms. The number of rotatable bonds is 1. The molecule has 3 heteroatoms. The minimum absolute atomic E-state index is 0.700. The molecule has 0 aliphatic carbocycles. The first-order valence-electron chi connectivity index (χ1n) is 4.84. The highest BCUT2D eigenvalue weighted by molar-refractivity contribution is 5.71. The van der Waals surface area contributed by atoms with Crippen LogP contribution in [0.15, 0.2) is 30.3 Å². The third kappa shape index (κ3) is 1.96. The quantitative estimate of drug-likeness (QED) is 0.717. The fourth-order valence-electron chi connectivity index (χ4n) is 1.55. The lowest BCUT2D eigenvalue weighted by molar-refractivity contribution is 1.06. The number of nitrogens with two attached hydrogens (primary N) is 1. The normalized spacial score (nSPS) is 10.3. The van der Waals surface area contributed by atoms with Gasteiger partial charge in [0, 0.05) is 22.6 Å². The summed E-state index contributed by atoms with van der Waals surface area (Å²) in [5.74, 6) is 0.700. The second kappa shape index (κ2) is 3.69. The summed E-state index contributed by atoms with van der Waals surface area (Å²) in [7, 11) is 0. The summed E-state index contributed by atoms with van der Waals surface area (Å²) in [6.45, 7) is 3.91. The van der Waals surface area contributed by atoms with E-state index in [1.54, 1.807) is 0 Å². The third-order valence-electron chi connectivity index (χ3n) is 2.18. The molecule has 0 fully saturated rings. The molecule has 2 aromatic rings. The first-order valence-corrected chi connectivity index (χ1v) is 4.84. The Hall–Kier alpha value is -1.90. The van der Waals surface area contributed by atoms with Crippen LogP contribution in [0, 0.1) is 13.8 Å². The summed E-state index contributed by atoms with van der Waals surface area (Å²) in [6, 6.07) is 9.58. The van der Waals surface area contributed by atoms with E-state index in [1.165, 1.54) is 0 Å². The predicted molar refractivity (Wildman–Crippen MR) is 61.4 cm³/mol. The molecular formula is C12H13N3. The smallest absolute Gasteiger partial charge is 0.161 e. The van der Waals surface area contributed by atoms with Crippen molar-refractivity contribution in [2.24, 2.45) is 0 Å². The van der Waals surface area contributed by atoms with Crippen LogP contribution >= 0.6 is 0 Å². The van der Waals surface area contributed by atoms with Crippen molar-refractivity contribution < 1.29 is 0 Å². The molecule has 0 aliphatic rings. The summed E-state index contributed by atoms with van der Waals surface area (Å²) < 4.78 is 0. The van der Waals surface area contributed by atoms with Gasteiger partial charge in [-0.05, 0) is 32.0 Å². The van der Waals surface area contributed by atoms with Gasteiger partial charge < -0.3 is 5.73 Å². The number of aryl methyl sites for hydroxylation is 2. The molecule has 0 atom stereocenters. The van der Waals surface area contributed by atoms with Gasteiger partial charge in [-0.2, -0.15) is 0 Å². The number of nitrogen functional groups attached to an aromatic ring is 1. The minimum Gasteiger partial charge on any atom is -0.398 e. The topological polar surface area (TPSA) is 51.8 Å². The highest BCUT2D eigenvalue weighted by Gasteiger charge is 2.05. The van der Waals surface area contributed by atoms with E-state index >= 15 is 0 Å². The van der Waals surface area contributed by atoms with Crippen molar-refractivity contribution in [2.75, 3.05) is 5.73 Å². The summed E-state index contributed by atoms with van der Waals surface area (Å²) in [5.41, 5.74) is 9.39. The highest BCUT2D eigenvalue weighted by Crippen LogP contribution is 2.22. The molecule has 1 aromatic heterocycles. The Morgan fingerprint density at radius 2 is 1.60 bits per heavy atom. The monoisotopic (exact) mass is 199 g/mol. The zero-order valence-corrected chi connectivity index (χ0v) is 8.86. The van der Waals surface area contributed by atoms with Gasteiger partial charge in [0.25, 0.3) is 0 Å². The van der Waals surface area contributed by atoms with Crippen LogP contribution in [0.2, 0.25) is 0 Å². The van der Waals surface area contributed by atoms with Gasteiger partial charge in [-0.25, -0.2) is 9.97 Å². The zero-order valence-electron chi connectivity index (χ0n) is 8.86. The molecular weight excluding hydrogens is 186 g/mol. The minimum atomic E-state index is 0.700. The fraction of sp³-hybridized carbons (Fsp3) is 0.167. The van der Waals surface area contributed by atoms with E-state index in [9.17, 15) is 0 Å². The Bertz CT molecular complexity index is 472. The van der Waals surface area contributed by atoms with Gasteiger partial charge in [0.2, 0.25) is 0 Å². The molecule has 0 saturated carbocycles. The highest BCUT2D eigenvalue weighted by atomic mass is 14.9.